The number of rotatable bonds is 4. The summed E-state index contributed by atoms with van der Waals surface area (Å²) in [7, 11) is 0. The smallest absolute Gasteiger partial charge is 0.0940 e. The largest absolute Gasteiger partial charge is 0.545 e. The van der Waals surface area contributed by atoms with Crippen LogP contribution >= 0.6 is 34.7 Å². The molecule has 0 aliphatic heterocycles. The van der Waals surface area contributed by atoms with Gasteiger partial charge in [0.2, 0.25) is 0 Å². The van der Waals surface area contributed by atoms with E-state index < -0.39 is 5.97 Å². The van der Waals surface area contributed by atoms with Gasteiger partial charge in [0.1, 0.15) is 0 Å². The lowest BCUT2D eigenvalue weighted by molar-refractivity contribution is -0.255. The highest BCUT2D eigenvalue weighted by molar-refractivity contribution is 8.00. The van der Waals surface area contributed by atoms with E-state index in [4.69, 9.17) is 11.6 Å². The number of halogens is 1. The number of carbonyl (C=O) groups is 1. The number of benzene rings is 1. The summed E-state index contributed by atoms with van der Waals surface area (Å²) < 4.78 is 1.81. The van der Waals surface area contributed by atoms with Gasteiger partial charge in [-0.05, 0) is 17.7 Å². The molecular formula is C12H8ClO2S2-. The molecule has 0 bridgehead atoms. The van der Waals surface area contributed by atoms with Crippen molar-refractivity contribution in [2.45, 2.75) is 9.96 Å². The lowest BCUT2D eigenvalue weighted by atomic mass is 10.1. The molecular weight excluding hydrogens is 276 g/mol. The van der Waals surface area contributed by atoms with E-state index in [0.717, 1.165) is 14.1 Å². The van der Waals surface area contributed by atoms with Crippen LogP contribution in [0.4, 0.5) is 0 Å². The number of hydrogen-bond acceptors (Lipinski definition) is 4. The fraction of sp³-hybridized carbons (Fsp3) is 0.0833. The maximum absolute atomic E-state index is 10.9. The van der Waals surface area contributed by atoms with Crippen molar-refractivity contribution in [1.82, 2.24) is 0 Å². The van der Waals surface area contributed by atoms with Gasteiger partial charge in [-0.25, -0.2) is 0 Å². The molecule has 17 heavy (non-hydrogen) atoms. The number of thiophene rings is 1. The van der Waals surface area contributed by atoms with E-state index in [1.807, 2.05) is 18.2 Å². The average Bonchev–Trinajstić information content (AvgIpc) is 2.73. The fourth-order valence-electron chi connectivity index (χ4n) is 1.37. The number of hydrogen-bond donors (Lipinski definition) is 0. The number of carboxylic acid groups (broad SMARTS) is 1. The van der Waals surface area contributed by atoms with Crippen LogP contribution in [0.15, 0.2) is 40.6 Å². The van der Waals surface area contributed by atoms with Gasteiger partial charge in [0, 0.05) is 11.3 Å². The molecule has 0 N–H and O–H groups in total. The van der Waals surface area contributed by atoms with Crippen LogP contribution in [-0.2, 0) is 5.75 Å². The van der Waals surface area contributed by atoms with Crippen molar-refractivity contribution in [3.8, 4) is 0 Å². The zero-order valence-electron chi connectivity index (χ0n) is 8.68. The fourth-order valence-corrected chi connectivity index (χ4v) is 3.68. The molecule has 0 fully saturated rings. The normalized spacial score (nSPS) is 10.4. The second kappa shape index (κ2) is 5.58. The van der Waals surface area contributed by atoms with Crippen molar-refractivity contribution in [3.05, 3.63) is 51.9 Å². The topological polar surface area (TPSA) is 40.1 Å². The molecule has 0 aliphatic carbocycles. The summed E-state index contributed by atoms with van der Waals surface area (Å²) in [5, 5.41) is 10.9. The molecule has 1 aromatic carbocycles. The summed E-state index contributed by atoms with van der Waals surface area (Å²) in [5.41, 5.74) is 1.02. The van der Waals surface area contributed by atoms with E-state index in [-0.39, 0.29) is 5.56 Å². The molecule has 0 radical (unpaired) electrons. The van der Waals surface area contributed by atoms with Crippen molar-refractivity contribution >= 4 is 40.7 Å². The molecule has 5 heteroatoms. The zero-order chi connectivity index (χ0) is 12.3. The summed E-state index contributed by atoms with van der Waals surface area (Å²) >= 11 is 8.88. The molecule has 0 atom stereocenters. The SMILES string of the molecule is O=C([O-])c1ccccc1CSc1ccc(Cl)s1. The molecule has 1 heterocycles. The summed E-state index contributed by atoms with van der Waals surface area (Å²) in [6, 6.07) is 10.6. The Hall–Kier alpha value is -0.970. The Morgan fingerprint density at radius 2 is 2.06 bits per heavy atom. The molecule has 2 rings (SSSR count). The monoisotopic (exact) mass is 283 g/mol. The third-order valence-corrected chi connectivity index (χ3v) is 4.66. The van der Waals surface area contributed by atoms with Gasteiger partial charge in [0.25, 0.3) is 0 Å². The summed E-state index contributed by atoms with van der Waals surface area (Å²) in [6.07, 6.45) is 0. The molecule has 0 amide bonds. The highest BCUT2D eigenvalue weighted by Crippen LogP contribution is 2.32. The maximum Gasteiger partial charge on any atom is 0.0940 e. The van der Waals surface area contributed by atoms with Gasteiger partial charge in [-0.3, -0.25) is 0 Å². The van der Waals surface area contributed by atoms with Crippen LogP contribution in [0.25, 0.3) is 0 Å². The Morgan fingerprint density at radius 3 is 2.71 bits per heavy atom. The zero-order valence-corrected chi connectivity index (χ0v) is 11.1. The Labute approximate surface area is 112 Å². The van der Waals surface area contributed by atoms with E-state index in [0.29, 0.717) is 5.75 Å². The highest BCUT2D eigenvalue weighted by Gasteiger charge is 2.04. The molecule has 0 unspecified atom stereocenters. The van der Waals surface area contributed by atoms with Gasteiger partial charge in [-0.2, -0.15) is 0 Å². The molecule has 0 spiro atoms. The number of thioether (sulfide) groups is 1. The quantitative estimate of drug-likeness (QED) is 0.810. The Bertz CT molecular complexity index is 537. The van der Waals surface area contributed by atoms with Crippen LogP contribution in [0.2, 0.25) is 4.34 Å². The van der Waals surface area contributed by atoms with Crippen molar-refractivity contribution < 1.29 is 9.90 Å². The average molecular weight is 284 g/mol. The van der Waals surface area contributed by atoms with Crippen LogP contribution in [0, 0.1) is 0 Å². The number of carboxylic acids is 1. The molecule has 2 nitrogen and oxygen atoms in total. The third-order valence-electron chi connectivity index (χ3n) is 2.16. The second-order valence-corrected chi connectivity index (χ2v) is 6.28. The number of carbonyl (C=O) groups excluding carboxylic acids is 1. The lowest BCUT2D eigenvalue weighted by Crippen LogP contribution is -2.23. The van der Waals surface area contributed by atoms with Gasteiger partial charge in [0.05, 0.1) is 14.5 Å². The minimum absolute atomic E-state index is 0.252. The first-order valence-electron chi connectivity index (χ1n) is 4.84. The standard InChI is InChI=1S/C12H9ClO2S2/c13-10-5-6-11(17-10)16-7-8-3-1-2-4-9(8)12(14)15/h1-6H,7H2,(H,14,15)/p-1. The first-order valence-corrected chi connectivity index (χ1v) is 7.02. The van der Waals surface area contributed by atoms with Crippen LogP contribution in [0.5, 0.6) is 0 Å². The summed E-state index contributed by atoms with van der Waals surface area (Å²) in [4.78, 5) is 10.9. The van der Waals surface area contributed by atoms with Crippen molar-refractivity contribution in [2.75, 3.05) is 0 Å². The van der Waals surface area contributed by atoms with Crippen LogP contribution in [0.3, 0.4) is 0 Å². The molecule has 0 saturated carbocycles. The van der Waals surface area contributed by atoms with E-state index in [1.54, 1.807) is 30.0 Å². The van der Waals surface area contributed by atoms with Gasteiger partial charge >= 0.3 is 0 Å². The Balaban J connectivity index is 2.11. The van der Waals surface area contributed by atoms with Crippen molar-refractivity contribution in [3.63, 3.8) is 0 Å². The van der Waals surface area contributed by atoms with Gasteiger partial charge in [-0.15, -0.1) is 23.1 Å². The summed E-state index contributed by atoms with van der Waals surface area (Å²) in [6.45, 7) is 0. The number of aromatic carboxylic acids is 1. The predicted octanol–water partition coefficient (Wildman–Crippen LogP) is 3.06. The maximum atomic E-state index is 10.9. The molecule has 88 valence electrons. The Kier molecular flexibility index (Phi) is 4.10. The minimum atomic E-state index is -1.13. The van der Waals surface area contributed by atoms with Crippen molar-refractivity contribution in [2.24, 2.45) is 0 Å². The van der Waals surface area contributed by atoms with Crippen molar-refractivity contribution in [1.29, 1.82) is 0 Å². The lowest BCUT2D eigenvalue weighted by Gasteiger charge is -2.08. The molecule has 0 saturated heterocycles. The van der Waals surface area contributed by atoms with E-state index in [9.17, 15) is 9.90 Å². The van der Waals surface area contributed by atoms with Gasteiger partial charge in [0.15, 0.2) is 0 Å². The van der Waals surface area contributed by atoms with Crippen LogP contribution in [-0.4, -0.2) is 5.97 Å². The Morgan fingerprint density at radius 1 is 1.29 bits per heavy atom. The van der Waals surface area contributed by atoms with E-state index in [2.05, 4.69) is 0 Å². The third kappa shape index (κ3) is 3.25. The van der Waals surface area contributed by atoms with Crippen LogP contribution in [0.1, 0.15) is 15.9 Å². The van der Waals surface area contributed by atoms with E-state index in [1.165, 1.54) is 11.3 Å². The molecule has 0 aliphatic rings. The minimum Gasteiger partial charge on any atom is -0.545 e. The first kappa shape index (κ1) is 12.5. The van der Waals surface area contributed by atoms with Crippen LogP contribution < -0.4 is 5.11 Å². The predicted molar refractivity (Wildman–Crippen MR) is 69.7 cm³/mol. The van der Waals surface area contributed by atoms with E-state index >= 15 is 0 Å². The molecule has 2 aromatic rings. The highest BCUT2D eigenvalue weighted by atomic mass is 35.5. The van der Waals surface area contributed by atoms with Gasteiger partial charge in [-0.1, -0.05) is 35.9 Å². The second-order valence-electron chi connectivity index (χ2n) is 3.29. The molecule has 1 aromatic heterocycles. The summed E-state index contributed by atoms with van der Waals surface area (Å²) in [5.74, 6) is -0.536. The van der Waals surface area contributed by atoms with Gasteiger partial charge < -0.3 is 9.90 Å². The first-order chi connectivity index (χ1) is 8.16.